The van der Waals surface area contributed by atoms with Crippen LogP contribution in [0.1, 0.15) is 5.56 Å². The monoisotopic (exact) mass is 282 g/mol. The molecule has 0 atom stereocenters. The van der Waals surface area contributed by atoms with Gasteiger partial charge in [0.2, 0.25) is 0 Å². The molecule has 0 aliphatic rings. The summed E-state index contributed by atoms with van der Waals surface area (Å²) in [6, 6.07) is 10.1. The lowest BCUT2D eigenvalue weighted by atomic mass is 10.2. The van der Waals surface area contributed by atoms with E-state index in [2.05, 4.69) is 15.4 Å². The molecule has 3 N–H and O–H groups in total. The number of pyridine rings is 1. The van der Waals surface area contributed by atoms with Gasteiger partial charge in [0.05, 0.1) is 5.69 Å². The molecule has 21 heavy (non-hydrogen) atoms. The van der Waals surface area contributed by atoms with Crippen LogP contribution in [-0.4, -0.2) is 25.0 Å². The molecule has 0 saturated carbocycles. The van der Waals surface area contributed by atoms with Crippen molar-refractivity contribution in [2.45, 2.75) is 6.54 Å². The number of hydrogen-bond donors (Lipinski definition) is 3. The van der Waals surface area contributed by atoms with Gasteiger partial charge in [-0.25, -0.2) is 9.67 Å². The van der Waals surface area contributed by atoms with Crippen molar-refractivity contribution in [1.82, 2.24) is 14.8 Å². The van der Waals surface area contributed by atoms with Gasteiger partial charge in [0, 0.05) is 36.8 Å². The second kappa shape index (κ2) is 5.54. The van der Waals surface area contributed by atoms with Crippen LogP contribution in [0.25, 0.3) is 5.82 Å². The predicted molar refractivity (Wildman–Crippen MR) is 78.5 cm³/mol. The van der Waals surface area contributed by atoms with Crippen LogP contribution in [0.4, 0.5) is 5.69 Å². The summed E-state index contributed by atoms with van der Waals surface area (Å²) in [5.74, 6) is 0.766. The van der Waals surface area contributed by atoms with E-state index < -0.39 is 0 Å². The highest BCUT2D eigenvalue weighted by Gasteiger charge is 2.07. The van der Waals surface area contributed by atoms with Crippen LogP contribution in [-0.2, 0) is 6.54 Å². The van der Waals surface area contributed by atoms with Crippen LogP contribution in [0.2, 0.25) is 0 Å². The standard InChI is InChI=1S/C15H14N4O2/c20-12-5-4-11(14(21)9-12)10-17-13-3-1-6-16-15(13)19-8-2-7-18-19/h1-9,17,20-21H,10H2. The number of hydrogen-bond acceptors (Lipinski definition) is 5. The molecule has 0 saturated heterocycles. The maximum atomic E-state index is 9.79. The third-order valence-electron chi connectivity index (χ3n) is 3.05. The van der Waals surface area contributed by atoms with E-state index in [-0.39, 0.29) is 11.5 Å². The number of phenolic OH excluding ortho intramolecular Hbond substituents is 2. The molecule has 6 heteroatoms. The molecule has 0 aliphatic carbocycles. The molecule has 0 amide bonds. The minimum absolute atomic E-state index is 0.0369. The number of nitrogens with zero attached hydrogens (tertiary/aromatic N) is 3. The van der Waals surface area contributed by atoms with Crippen molar-refractivity contribution < 1.29 is 10.2 Å². The van der Waals surface area contributed by atoms with Crippen molar-refractivity contribution in [1.29, 1.82) is 0 Å². The van der Waals surface area contributed by atoms with Crippen LogP contribution >= 0.6 is 0 Å². The molecular formula is C15H14N4O2. The number of nitrogens with one attached hydrogen (secondary N) is 1. The van der Waals surface area contributed by atoms with E-state index >= 15 is 0 Å². The number of anilines is 1. The van der Waals surface area contributed by atoms with E-state index in [1.807, 2.05) is 24.4 Å². The van der Waals surface area contributed by atoms with Crippen LogP contribution in [0.3, 0.4) is 0 Å². The summed E-state index contributed by atoms with van der Waals surface area (Å²) in [6.45, 7) is 0.409. The Morgan fingerprint density at radius 1 is 1.10 bits per heavy atom. The summed E-state index contributed by atoms with van der Waals surface area (Å²) in [4.78, 5) is 4.31. The lowest BCUT2D eigenvalue weighted by molar-refractivity contribution is 0.446. The molecule has 6 nitrogen and oxygen atoms in total. The minimum atomic E-state index is 0.0369. The molecule has 1 aromatic carbocycles. The van der Waals surface area contributed by atoms with Crippen LogP contribution in [0.5, 0.6) is 11.5 Å². The Balaban J connectivity index is 1.83. The quantitative estimate of drug-likeness (QED) is 0.684. The molecule has 3 aromatic rings. The van der Waals surface area contributed by atoms with Gasteiger partial charge in [0.25, 0.3) is 0 Å². The fraction of sp³-hybridized carbons (Fsp3) is 0.0667. The van der Waals surface area contributed by atoms with E-state index in [1.54, 1.807) is 23.1 Å². The molecule has 0 fully saturated rings. The topological polar surface area (TPSA) is 83.2 Å². The van der Waals surface area contributed by atoms with E-state index in [4.69, 9.17) is 0 Å². The molecule has 2 heterocycles. The number of benzene rings is 1. The largest absolute Gasteiger partial charge is 0.508 e. The van der Waals surface area contributed by atoms with Gasteiger partial charge in [-0.2, -0.15) is 5.10 Å². The van der Waals surface area contributed by atoms with Gasteiger partial charge >= 0.3 is 0 Å². The molecular weight excluding hydrogens is 268 g/mol. The van der Waals surface area contributed by atoms with Crippen LogP contribution in [0.15, 0.2) is 55.0 Å². The lowest BCUT2D eigenvalue weighted by Gasteiger charge is -2.12. The Kier molecular flexibility index (Phi) is 3.42. The number of phenols is 2. The van der Waals surface area contributed by atoms with Crippen molar-refractivity contribution >= 4 is 5.69 Å². The van der Waals surface area contributed by atoms with Gasteiger partial charge in [-0.05, 0) is 30.3 Å². The van der Waals surface area contributed by atoms with E-state index in [1.165, 1.54) is 12.1 Å². The summed E-state index contributed by atoms with van der Waals surface area (Å²) in [6.07, 6.45) is 5.19. The maximum absolute atomic E-state index is 9.79. The molecule has 2 aromatic heterocycles. The first-order chi connectivity index (χ1) is 10.2. The SMILES string of the molecule is Oc1ccc(CNc2cccnc2-n2cccn2)c(O)c1. The van der Waals surface area contributed by atoms with Gasteiger partial charge < -0.3 is 15.5 Å². The average Bonchev–Trinajstić information content (AvgIpc) is 3.01. The maximum Gasteiger partial charge on any atom is 0.176 e. The highest BCUT2D eigenvalue weighted by atomic mass is 16.3. The summed E-state index contributed by atoms with van der Waals surface area (Å²) < 4.78 is 1.67. The number of aromatic hydroxyl groups is 2. The highest BCUT2D eigenvalue weighted by molar-refractivity contribution is 5.57. The van der Waals surface area contributed by atoms with Crippen LogP contribution in [0, 0.1) is 0 Å². The second-order valence-electron chi connectivity index (χ2n) is 4.49. The first-order valence-corrected chi connectivity index (χ1v) is 6.44. The van der Waals surface area contributed by atoms with E-state index in [9.17, 15) is 10.2 Å². The van der Waals surface area contributed by atoms with Gasteiger partial charge in [-0.3, -0.25) is 0 Å². The van der Waals surface area contributed by atoms with E-state index in [0.29, 0.717) is 17.9 Å². The summed E-state index contributed by atoms with van der Waals surface area (Å²) in [7, 11) is 0. The van der Waals surface area contributed by atoms with Gasteiger partial charge in [-0.15, -0.1) is 0 Å². The van der Waals surface area contributed by atoms with Crippen molar-refractivity contribution in [2.75, 3.05) is 5.32 Å². The third-order valence-corrected chi connectivity index (χ3v) is 3.05. The zero-order valence-corrected chi connectivity index (χ0v) is 11.1. The Labute approximate surface area is 121 Å². The first kappa shape index (κ1) is 13.0. The highest BCUT2D eigenvalue weighted by Crippen LogP contribution is 2.24. The van der Waals surface area contributed by atoms with Crippen LogP contribution < -0.4 is 5.32 Å². The molecule has 106 valence electrons. The normalized spacial score (nSPS) is 10.5. The van der Waals surface area contributed by atoms with E-state index in [0.717, 1.165) is 5.69 Å². The Bertz CT molecular complexity index is 741. The molecule has 0 spiro atoms. The second-order valence-corrected chi connectivity index (χ2v) is 4.49. The van der Waals surface area contributed by atoms with Crippen molar-refractivity contribution in [3.8, 4) is 17.3 Å². The lowest BCUT2D eigenvalue weighted by Crippen LogP contribution is -2.06. The first-order valence-electron chi connectivity index (χ1n) is 6.44. The zero-order chi connectivity index (χ0) is 14.7. The molecule has 3 rings (SSSR count). The van der Waals surface area contributed by atoms with Gasteiger partial charge in [-0.1, -0.05) is 0 Å². The summed E-state index contributed by atoms with van der Waals surface area (Å²) >= 11 is 0. The van der Waals surface area contributed by atoms with Gasteiger partial charge in [0.15, 0.2) is 5.82 Å². The minimum Gasteiger partial charge on any atom is -0.508 e. The molecule has 0 unspecified atom stereocenters. The van der Waals surface area contributed by atoms with Gasteiger partial charge in [0.1, 0.15) is 11.5 Å². The fourth-order valence-electron chi connectivity index (χ4n) is 2.00. The Morgan fingerprint density at radius 2 is 2.00 bits per heavy atom. The third kappa shape index (κ3) is 2.79. The summed E-state index contributed by atoms with van der Waals surface area (Å²) in [5.41, 5.74) is 1.48. The Hall–Kier alpha value is -3.02. The smallest absolute Gasteiger partial charge is 0.176 e. The molecule has 0 aliphatic heterocycles. The van der Waals surface area contributed by atoms with Crippen molar-refractivity contribution in [2.24, 2.45) is 0 Å². The Morgan fingerprint density at radius 3 is 2.76 bits per heavy atom. The summed E-state index contributed by atoms with van der Waals surface area (Å²) in [5, 5.41) is 26.5. The molecule has 0 radical (unpaired) electrons. The zero-order valence-electron chi connectivity index (χ0n) is 11.1. The van der Waals surface area contributed by atoms with Crippen molar-refractivity contribution in [3.63, 3.8) is 0 Å². The average molecular weight is 282 g/mol. The van der Waals surface area contributed by atoms with Crippen molar-refractivity contribution in [3.05, 3.63) is 60.6 Å². The number of rotatable bonds is 4. The number of aromatic nitrogens is 3. The fourth-order valence-corrected chi connectivity index (χ4v) is 2.00. The predicted octanol–water partition coefficient (Wildman–Crippen LogP) is 2.29. The molecule has 0 bridgehead atoms.